The molecule has 4 heteroatoms. The number of hydrogen-bond donors (Lipinski definition) is 1. The highest BCUT2D eigenvalue weighted by Gasteiger charge is 2.07. The van der Waals surface area contributed by atoms with Gasteiger partial charge in [-0.1, -0.05) is 25.5 Å². The van der Waals surface area contributed by atoms with E-state index in [4.69, 9.17) is 0 Å². The van der Waals surface area contributed by atoms with Gasteiger partial charge in [-0.15, -0.1) is 0 Å². The number of aromatic amines is 1. The normalized spacial score (nSPS) is 11.4. The smallest absolute Gasteiger partial charge is 0.259 e. The summed E-state index contributed by atoms with van der Waals surface area (Å²) < 4.78 is 1.63. The molecular formula is C14H15N3O. The highest BCUT2D eigenvalue weighted by Crippen LogP contribution is 2.13. The third kappa shape index (κ3) is 1.70. The molecule has 18 heavy (non-hydrogen) atoms. The van der Waals surface area contributed by atoms with E-state index in [1.165, 1.54) is 0 Å². The number of nitrogens with one attached hydrogen (secondary N) is 1. The number of aryl methyl sites for hydroxylation is 1. The highest BCUT2D eigenvalue weighted by atomic mass is 16.1. The Hall–Kier alpha value is -2.10. The summed E-state index contributed by atoms with van der Waals surface area (Å²) in [5.74, 6) is 0.634. The number of para-hydroxylation sites is 2. The summed E-state index contributed by atoms with van der Waals surface area (Å²) in [4.78, 5) is 19.8. The number of nitrogens with zero attached hydrogens (tertiary/aromatic N) is 2. The molecule has 0 fully saturated rings. The van der Waals surface area contributed by atoms with E-state index < -0.39 is 0 Å². The molecule has 92 valence electrons. The molecule has 0 saturated carbocycles. The van der Waals surface area contributed by atoms with Gasteiger partial charge in [0.05, 0.1) is 11.0 Å². The lowest BCUT2D eigenvalue weighted by molar-refractivity contribution is 0.773. The van der Waals surface area contributed by atoms with Gasteiger partial charge in [0.1, 0.15) is 0 Å². The molecule has 0 spiro atoms. The maximum atomic E-state index is 12.1. The first kappa shape index (κ1) is 11.0. The predicted molar refractivity (Wildman–Crippen MR) is 71.9 cm³/mol. The largest absolute Gasteiger partial charge is 0.329 e. The van der Waals surface area contributed by atoms with Gasteiger partial charge in [-0.25, -0.2) is 9.38 Å². The van der Waals surface area contributed by atoms with E-state index >= 15 is 0 Å². The summed E-state index contributed by atoms with van der Waals surface area (Å²) >= 11 is 0. The SMILES string of the molecule is CCCCc1cc(=O)n2c(nc3ccccc32)[nH]1. The maximum absolute atomic E-state index is 12.1. The minimum absolute atomic E-state index is 0.0106. The van der Waals surface area contributed by atoms with Gasteiger partial charge in [-0.2, -0.15) is 0 Å². The Labute approximate surface area is 104 Å². The zero-order valence-electron chi connectivity index (χ0n) is 10.3. The first-order valence-electron chi connectivity index (χ1n) is 6.29. The fourth-order valence-corrected chi connectivity index (χ4v) is 2.23. The summed E-state index contributed by atoms with van der Waals surface area (Å²) in [6.45, 7) is 2.14. The topological polar surface area (TPSA) is 50.2 Å². The van der Waals surface area contributed by atoms with Crippen LogP contribution in [0.15, 0.2) is 35.1 Å². The van der Waals surface area contributed by atoms with Crippen LogP contribution in [0.2, 0.25) is 0 Å². The van der Waals surface area contributed by atoms with Gasteiger partial charge in [0.25, 0.3) is 5.56 Å². The molecule has 0 aliphatic carbocycles. The third-order valence-electron chi connectivity index (χ3n) is 3.15. The van der Waals surface area contributed by atoms with Crippen LogP contribution in [0, 0.1) is 0 Å². The molecule has 0 aliphatic heterocycles. The Kier molecular flexibility index (Phi) is 2.63. The molecule has 0 atom stereocenters. The number of fused-ring (bicyclic) bond motifs is 3. The summed E-state index contributed by atoms with van der Waals surface area (Å²) in [6.07, 6.45) is 3.08. The van der Waals surface area contributed by atoms with Crippen LogP contribution in [-0.2, 0) is 6.42 Å². The zero-order valence-corrected chi connectivity index (χ0v) is 10.3. The van der Waals surface area contributed by atoms with Crippen LogP contribution >= 0.6 is 0 Å². The van der Waals surface area contributed by atoms with Crippen molar-refractivity contribution in [2.24, 2.45) is 0 Å². The number of unbranched alkanes of at least 4 members (excludes halogenated alkanes) is 1. The Bertz CT molecular complexity index is 754. The summed E-state index contributed by atoms with van der Waals surface area (Å²) in [5.41, 5.74) is 2.66. The number of hydrogen-bond acceptors (Lipinski definition) is 2. The predicted octanol–water partition coefficient (Wildman–Crippen LogP) is 2.52. The second-order valence-corrected chi connectivity index (χ2v) is 4.50. The van der Waals surface area contributed by atoms with Gasteiger partial charge in [-0.05, 0) is 25.0 Å². The van der Waals surface area contributed by atoms with E-state index in [2.05, 4.69) is 16.9 Å². The van der Waals surface area contributed by atoms with E-state index in [1.807, 2.05) is 24.3 Å². The second kappa shape index (κ2) is 4.29. The van der Waals surface area contributed by atoms with E-state index in [1.54, 1.807) is 10.5 Å². The number of H-pyrrole nitrogens is 1. The van der Waals surface area contributed by atoms with Crippen molar-refractivity contribution < 1.29 is 0 Å². The van der Waals surface area contributed by atoms with Crippen molar-refractivity contribution in [1.29, 1.82) is 0 Å². The van der Waals surface area contributed by atoms with E-state index in [9.17, 15) is 4.79 Å². The standard InChI is InChI=1S/C14H15N3O/c1-2-3-6-10-9-13(18)17-12-8-5-4-7-11(12)16-14(17)15-10/h4-5,7-9H,2-3,6H2,1H3,(H,15,16). The fourth-order valence-electron chi connectivity index (χ4n) is 2.23. The lowest BCUT2D eigenvalue weighted by Gasteiger charge is -2.01. The van der Waals surface area contributed by atoms with Gasteiger partial charge < -0.3 is 4.98 Å². The molecule has 3 rings (SSSR count). The molecule has 2 heterocycles. The number of rotatable bonds is 3. The Morgan fingerprint density at radius 2 is 2.17 bits per heavy atom. The van der Waals surface area contributed by atoms with Crippen molar-refractivity contribution in [2.45, 2.75) is 26.2 Å². The van der Waals surface area contributed by atoms with Gasteiger partial charge in [0.2, 0.25) is 5.78 Å². The van der Waals surface area contributed by atoms with Crippen molar-refractivity contribution >= 4 is 16.8 Å². The molecular weight excluding hydrogens is 226 g/mol. The van der Waals surface area contributed by atoms with Crippen LogP contribution in [-0.4, -0.2) is 14.4 Å². The van der Waals surface area contributed by atoms with Crippen molar-refractivity contribution in [3.8, 4) is 0 Å². The molecule has 0 radical (unpaired) electrons. The van der Waals surface area contributed by atoms with Crippen molar-refractivity contribution in [3.05, 3.63) is 46.4 Å². The highest BCUT2D eigenvalue weighted by molar-refractivity contribution is 5.79. The number of imidazole rings is 1. The lowest BCUT2D eigenvalue weighted by atomic mass is 10.2. The van der Waals surface area contributed by atoms with Crippen LogP contribution in [0.5, 0.6) is 0 Å². The number of aromatic nitrogens is 3. The van der Waals surface area contributed by atoms with Crippen molar-refractivity contribution in [2.75, 3.05) is 0 Å². The zero-order chi connectivity index (χ0) is 12.5. The summed E-state index contributed by atoms with van der Waals surface area (Å²) in [5, 5.41) is 0. The van der Waals surface area contributed by atoms with E-state index in [0.717, 1.165) is 36.0 Å². The molecule has 0 aliphatic rings. The monoisotopic (exact) mass is 241 g/mol. The van der Waals surface area contributed by atoms with Crippen LogP contribution < -0.4 is 5.56 Å². The molecule has 1 N–H and O–H groups in total. The number of benzene rings is 1. The minimum Gasteiger partial charge on any atom is -0.329 e. The van der Waals surface area contributed by atoms with Crippen LogP contribution in [0.25, 0.3) is 16.8 Å². The molecule has 0 unspecified atom stereocenters. The molecule has 3 aromatic rings. The Morgan fingerprint density at radius 1 is 1.33 bits per heavy atom. The van der Waals surface area contributed by atoms with E-state index in [0.29, 0.717) is 5.78 Å². The molecule has 0 bridgehead atoms. The molecule has 0 amide bonds. The van der Waals surface area contributed by atoms with Crippen LogP contribution in [0.4, 0.5) is 0 Å². The molecule has 4 nitrogen and oxygen atoms in total. The van der Waals surface area contributed by atoms with Gasteiger partial charge >= 0.3 is 0 Å². The van der Waals surface area contributed by atoms with Crippen LogP contribution in [0.3, 0.4) is 0 Å². The quantitative estimate of drug-likeness (QED) is 0.766. The molecule has 2 aromatic heterocycles. The van der Waals surface area contributed by atoms with Crippen LogP contribution in [0.1, 0.15) is 25.5 Å². The van der Waals surface area contributed by atoms with Crippen molar-refractivity contribution in [1.82, 2.24) is 14.4 Å². The second-order valence-electron chi connectivity index (χ2n) is 4.50. The maximum Gasteiger partial charge on any atom is 0.259 e. The van der Waals surface area contributed by atoms with E-state index in [-0.39, 0.29) is 5.56 Å². The molecule has 0 saturated heterocycles. The van der Waals surface area contributed by atoms with Crippen molar-refractivity contribution in [3.63, 3.8) is 0 Å². The summed E-state index contributed by atoms with van der Waals surface area (Å²) in [7, 11) is 0. The minimum atomic E-state index is -0.0106. The van der Waals surface area contributed by atoms with Gasteiger partial charge in [-0.3, -0.25) is 4.79 Å². The molecule has 1 aromatic carbocycles. The average Bonchev–Trinajstić information content (AvgIpc) is 2.74. The Balaban J connectivity index is 2.25. The first-order chi connectivity index (χ1) is 8.79. The Morgan fingerprint density at radius 3 is 3.00 bits per heavy atom. The fraction of sp³-hybridized carbons (Fsp3) is 0.286. The van der Waals surface area contributed by atoms with Gasteiger partial charge in [0, 0.05) is 11.8 Å². The average molecular weight is 241 g/mol. The lowest BCUT2D eigenvalue weighted by Crippen LogP contribution is -2.14. The third-order valence-corrected chi connectivity index (χ3v) is 3.15. The first-order valence-corrected chi connectivity index (χ1v) is 6.29. The van der Waals surface area contributed by atoms with Gasteiger partial charge in [0.15, 0.2) is 0 Å². The summed E-state index contributed by atoms with van der Waals surface area (Å²) in [6, 6.07) is 9.35.